The quantitative estimate of drug-likeness (QED) is 0.823. The third-order valence-corrected chi connectivity index (χ3v) is 1.96. The van der Waals surface area contributed by atoms with Gasteiger partial charge in [0.05, 0.1) is 6.61 Å². The van der Waals surface area contributed by atoms with Crippen molar-refractivity contribution < 1.29 is 17.9 Å². The van der Waals surface area contributed by atoms with E-state index in [0.29, 0.717) is 16.3 Å². The molecule has 1 rings (SSSR count). The third kappa shape index (κ3) is 4.40. The van der Waals surface area contributed by atoms with Gasteiger partial charge >= 0.3 is 6.18 Å². The average Bonchev–Trinajstić information content (AvgIpc) is 2.09. The summed E-state index contributed by atoms with van der Waals surface area (Å²) in [5.41, 5.74) is 6.33. The summed E-state index contributed by atoms with van der Waals surface area (Å²) in [5, 5.41) is 0.339. The van der Waals surface area contributed by atoms with Gasteiger partial charge < -0.3 is 10.5 Å². The summed E-state index contributed by atoms with van der Waals surface area (Å²) >= 11 is 5.73. The van der Waals surface area contributed by atoms with Crippen LogP contribution in [0.25, 0.3) is 0 Å². The van der Waals surface area contributed by atoms with Crippen LogP contribution in [0.5, 0.6) is 0 Å². The van der Waals surface area contributed by atoms with Gasteiger partial charge in [0.2, 0.25) is 0 Å². The third-order valence-electron chi connectivity index (χ3n) is 1.59. The highest BCUT2D eigenvalue weighted by molar-refractivity contribution is 6.31. The molecule has 0 atom stereocenters. The fourth-order valence-corrected chi connectivity index (χ4v) is 1.15. The number of rotatable bonds is 3. The van der Waals surface area contributed by atoms with E-state index >= 15 is 0 Å². The van der Waals surface area contributed by atoms with Crippen LogP contribution in [0.15, 0.2) is 18.2 Å². The molecular weight excluding hydrogens is 231 g/mol. The van der Waals surface area contributed by atoms with Gasteiger partial charge in [-0.15, -0.1) is 0 Å². The number of halogens is 4. The summed E-state index contributed by atoms with van der Waals surface area (Å²) < 4.78 is 39.7. The van der Waals surface area contributed by atoms with Crippen molar-refractivity contribution in [3.63, 3.8) is 0 Å². The van der Waals surface area contributed by atoms with Crippen LogP contribution < -0.4 is 5.73 Å². The normalized spacial score (nSPS) is 11.7. The zero-order valence-corrected chi connectivity index (χ0v) is 8.40. The van der Waals surface area contributed by atoms with Gasteiger partial charge in [-0.2, -0.15) is 13.2 Å². The van der Waals surface area contributed by atoms with Gasteiger partial charge in [-0.3, -0.25) is 0 Å². The Labute approximate surface area is 89.8 Å². The van der Waals surface area contributed by atoms with Crippen LogP contribution in [0.4, 0.5) is 18.9 Å². The van der Waals surface area contributed by atoms with E-state index in [1.807, 2.05) is 0 Å². The van der Waals surface area contributed by atoms with E-state index in [4.69, 9.17) is 17.3 Å². The Morgan fingerprint density at radius 1 is 1.33 bits per heavy atom. The molecule has 84 valence electrons. The second-order valence-corrected chi connectivity index (χ2v) is 3.37. The van der Waals surface area contributed by atoms with Gasteiger partial charge in [-0.05, 0) is 23.8 Å². The lowest BCUT2D eigenvalue weighted by atomic mass is 10.2. The number of hydrogen-bond donors (Lipinski definition) is 1. The molecule has 0 bridgehead atoms. The SMILES string of the molecule is Nc1ccc(Cl)c(COCC(F)(F)F)c1. The zero-order chi connectivity index (χ0) is 11.5. The summed E-state index contributed by atoms with van der Waals surface area (Å²) in [6.45, 7) is -1.50. The lowest BCUT2D eigenvalue weighted by Crippen LogP contribution is -2.16. The minimum Gasteiger partial charge on any atom is -0.399 e. The highest BCUT2D eigenvalue weighted by Gasteiger charge is 2.27. The number of ether oxygens (including phenoxy) is 1. The van der Waals surface area contributed by atoms with Crippen molar-refractivity contribution in [2.24, 2.45) is 0 Å². The molecule has 0 radical (unpaired) electrons. The highest BCUT2D eigenvalue weighted by Crippen LogP contribution is 2.21. The van der Waals surface area contributed by atoms with Crippen molar-refractivity contribution in [3.05, 3.63) is 28.8 Å². The first kappa shape index (κ1) is 12.1. The van der Waals surface area contributed by atoms with Gasteiger partial charge in [-0.25, -0.2) is 0 Å². The van der Waals surface area contributed by atoms with Crippen LogP contribution in [0.2, 0.25) is 5.02 Å². The molecule has 0 aromatic heterocycles. The predicted octanol–water partition coefficient (Wildman–Crippen LogP) is 3.00. The minimum absolute atomic E-state index is 0.205. The van der Waals surface area contributed by atoms with Crippen molar-refractivity contribution in [3.8, 4) is 0 Å². The molecule has 1 aromatic carbocycles. The van der Waals surface area contributed by atoms with Gasteiger partial charge in [-0.1, -0.05) is 11.6 Å². The van der Waals surface area contributed by atoms with Crippen molar-refractivity contribution in [2.75, 3.05) is 12.3 Å². The molecule has 1 aromatic rings. The number of anilines is 1. The van der Waals surface area contributed by atoms with Crippen molar-refractivity contribution in [1.82, 2.24) is 0 Å². The maximum absolute atomic E-state index is 11.8. The molecule has 0 spiro atoms. The van der Waals surface area contributed by atoms with Gasteiger partial charge in [0.15, 0.2) is 0 Å². The molecule has 0 aliphatic rings. The van der Waals surface area contributed by atoms with E-state index in [-0.39, 0.29) is 6.61 Å². The number of nitrogen functional groups attached to an aromatic ring is 1. The van der Waals surface area contributed by atoms with Crippen molar-refractivity contribution in [2.45, 2.75) is 12.8 Å². The molecule has 0 aliphatic heterocycles. The Morgan fingerprint density at radius 3 is 2.60 bits per heavy atom. The van der Waals surface area contributed by atoms with Crippen LogP contribution in [-0.2, 0) is 11.3 Å². The molecule has 0 heterocycles. The van der Waals surface area contributed by atoms with Crippen LogP contribution in [-0.4, -0.2) is 12.8 Å². The standard InChI is InChI=1S/C9H9ClF3NO/c10-8-2-1-7(14)3-6(8)4-15-5-9(11,12)13/h1-3H,4-5,14H2. The van der Waals surface area contributed by atoms with Gasteiger partial charge in [0, 0.05) is 10.7 Å². The molecule has 0 saturated carbocycles. The van der Waals surface area contributed by atoms with Crippen molar-refractivity contribution >= 4 is 17.3 Å². The fourth-order valence-electron chi connectivity index (χ4n) is 0.982. The summed E-state index contributed by atoms with van der Waals surface area (Å²) in [7, 11) is 0. The minimum atomic E-state index is -4.33. The molecule has 2 N–H and O–H groups in total. The molecule has 0 aliphatic carbocycles. The second kappa shape index (κ2) is 4.72. The number of alkyl halides is 3. The Bertz CT molecular complexity index is 341. The van der Waals surface area contributed by atoms with Crippen LogP contribution >= 0.6 is 11.6 Å². The summed E-state index contributed by atoms with van der Waals surface area (Å²) in [5.74, 6) is 0. The molecule has 2 nitrogen and oxygen atoms in total. The van der Waals surface area contributed by atoms with E-state index in [1.54, 1.807) is 6.07 Å². The maximum Gasteiger partial charge on any atom is 0.411 e. The Morgan fingerprint density at radius 2 is 2.00 bits per heavy atom. The van der Waals surface area contributed by atoms with E-state index in [2.05, 4.69) is 4.74 Å². The van der Waals surface area contributed by atoms with Crippen molar-refractivity contribution in [1.29, 1.82) is 0 Å². The largest absolute Gasteiger partial charge is 0.411 e. The maximum atomic E-state index is 11.8. The number of hydrogen-bond acceptors (Lipinski definition) is 2. The van der Waals surface area contributed by atoms with Crippen LogP contribution in [0.1, 0.15) is 5.56 Å². The summed E-state index contributed by atoms with van der Waals surface area (Å²) in [6.07, 6.45) is -4.33. The second-order valence-electron chi connectivity index (χ2n) is 2.96. The monoisotopic (exact) mass is 239 g/mol. The topological polar surface area (TPSA) is 35.2 Å². The Kier molecular flexibility index (Phi) is 3.82. The van der Waals surface area contributed by atoms with Crippen LogP contribution in [0.3, 0.4) is 0 Å². The average molecular weight is 240 g/mol. The molecular formula is C9H9ClF3NO. The summed E-state index contributed by atoms with van der Waals surface area (Å²) in [6, 6.07) is 4.57. The number of benzene rings is 1. The van der Waals surface area contributed by atoms with Gasteiger partial charge in [0.25, 0.3) is 0 Å². The van der Waals surface area contributed by atoms with E-state index in [0.717, 1.165) is 0 Å². The highest BCUT2D eigenvalue weighted by atomic mass is 35.5. The lowest BCUT2D eigenvalue weighted by Gasteiger charge is -2.09. The van der Waals surface area contributed by atoms with E-state index in [1.165, 1.54) is 12.1 Å². The Hall–Kier alpha value is -0.940. The first-order valence-electron chi connectivity index (χ1n) is 4.07. The fraction of sp³-hybridized carbons (Fsp3) is 0.333. The predicted molar refractivity (Wildman–Crippen MR) is 51.6 cm³/mol. The zero-order valence-electron chi connectivity index (χ0n) is 7.64. The van der Waals surface area contributed by atoms with E-state index < -0.39 is 12.8 Å². The molecule has 0 fully saturated rings. The molecule has 15 heavy (non-hydrogen) atoms. The smallest absolute Gasteiger partial charge is 0.399 e. The first-order valence-corrected chi connectivity index (χ1v) is 4.45. The summed E-state index contributed by atoms with van der Waals surface area (Å²) in [4.78, 5) is 0. The first-order chi connectivity index (χ1) is 6.88. The molecule has 0 unspecified atom stereocenters. The number of nitrogens with two attached hydrogens (primary N) is 1. The van der Waals surface area contributed by atoms with Gasteiger partial charge in [0.1, 0.15) is 6.61 Å². The molecule has 6 heteroatoms. The lowest BCUT2D eigenvalue weighted by molar-refractivity contribution is -0.176. The van der Waals surface area contributed by atoms with E-state index in [9.17, 15) is 13.2 Å². The van der Waals surface area contributed by atoms with Crippen LogP contribution in [0, 0.1) is 0 Å². The Balaban J connectivity index is 2.54. The molecule has 0 saturated heterocycles. The molecule has 0 amide bonds.